The van der Waals surface area contributed by atoms with Crippen molar-refractivity contribution in [3.63, 3.8) is 0 Å². The number of oxazole rings is 1. The topological polar surface area (TPSA) is 38.9 Å². The monoisotopic (exact) mass is 308 g/mol. The van der Waals surface area contributed by atoms with E-state index in [4.69, 9.17) is 16.0 Å². The van der Waals surface area contributed by atoms with Gasteiger partial charge in [-0.15, -0.1) is 0 Å². The van der Waals surface area contributed by atoms with Gasteiger partial charge in [0.05, 0.1) is 5.02 Å². The Morgan fingerprint density at radius 3 is 2.71 bits per heavy atom. The number of hydrogen-bond donors (Lipinski definition) is 0. The number of rotatable bonds is 1. The minimum absolute atomic E-state index is 0.493. The zero-order chi connectivity index (χ0) is 11.8. The molecule has 0 unspecified atom stereocenters. The molecule has 84 valence electrons. The summed E-state index contributed by atoms with van der Waals surface area (Å²) < 4.78 is 6.57. The predicted octanol–water partition coefficient (Wildman–Crippen LogP) is 4.31. The van der Waals surface area contributed by atoms with Gasteiger partial charge in [0.25, 0.3) is 0 Å². The van der Waals surface area contributed by atoms with E-state index in [0.717, 1.165) is 10.0 Å². The molecule has 3 rings (SSSR count). The van der Waals surface area contributed by atoms with E-state index in [0.29, 0.717) is 22.1 Å². The van der Waals surface area contributed by atoms with Gasteiger partial charge in [-0.2, -0.15) is 0 Å². The van der Waals surface area contributed by atoms with E-state index in [-0.39, 0.29) is 0 Å². The van der Waals surface area contributed by atoms with Crippen LogP contribution in [0.5, 0.6) is 0 Å². The second-order valence-corrected chi connectivity index (χ2v) is 4.86. The van der Waals surface area contributed by atoms with Gasteiger partial charge >= 0.3 is 0 Å². The Bertz CT molecular complexity index is 679. The molecule has 3 nitrogen and oxygen atoms in total. The van der Waals surface area contributed by atoms with Crippen LogP contribution in [-0.4, -0.2) is 9.97 Å². The quantitative estimate of drug-likeness (QED) is 0.672. The Kier molecular flexibility index (Phi) is 2.61. The molecule has 0 atom stereocenters. The summed E-state index contributed by atoms with van der Waals surface area (Å²) in [6, 6.07) is 9.46. The third kappa shape index (κ3) is 2.06. The van der Waals surface area contributed by atoms with Crippen molar-refractivity contribution in [1.82, 2.24) is 9.97 Å². The first kappa shape index (κ1) is 10.7. The molecule has 0 aliphatic heterocycles. The van der Waals surface area contributed by atoms with Crippen LogP contribution in [0.25, 0.3) is 22.7 Å². The van der Waals surface area contributed by atoms with Gasteiger partial charge < -0.3 is 4.42 Å². The van der Waals surface area contributed by atoms with Crippen LogP contribution in [0.2, 0.25) is 5.02 Å². The Morgan fingerprint density at radius 2 is 1.94 bits per heavy atom. The van der Waals surface area contributed by atoms with Crippen LogP contribution in [0.3, 0.4) is 0 Å². The summed E-state index contributed by atoms with van der Waals surface area (Å²) in [6.07, 6.45) is 1.54. The van der Waals surface area contributed by atoms with Gasteiger partial charge in [-0.3, -0.25) is 0 Å². The van der Waals surface area contributed by atoms with Crippen molar-refractivity contribution in [3.8, 4) is 11.5 Å². The Labute approximate surface area is 111 Å². The number of benzene rings is 1. The summed E-state index contributed by atoms with van der Waals surface area (Å²) >= 11 is 9.23. The molecule has 5 heteroatoms. The maximum absolute atomic E-state index is 5.84. The molecule has 0 saturated carbocycles. The summed E-state index contributed by atoms with van der Waals surface area (Å²) in [5, 5.41) is 0.549. The van der Waals surface area contributed by atoms with Crippen LogP contribution in [0, 0.1) is 0 Å². The van der Waals surface area contributed by atoms with Gasteiger partial charge in [0.15, 0.2) is 0 Å². The largest absolute Gasteiger partial charge is 0.418 e. The van der Waals surface area contributed by atoms with Gasteiger partial charge in [-0.05, 0) is 30.3 Å². The van der Waals surface area contributed by atoms with E-state index in [9.17, 15) is 0 Å². The van der Waals surface area contributed by atoms with Crippen LogP contribution < -0.4 is 0 Å². The van der Waals surface area contributed by atoms with Crippen LogP contribution in [0.1, 0.15) is 0 Å². The maximum Gasteiger partial charge on any atom is 0.247 e. The second kappa shape index (κ2) is 4.13. The minimum Gasteiger partial charge on any atom is -0.418 e. The Morgan fingerprint density at radius 1 is 1.18 bits per heavy atom. The molecule has 0 aliphatic rings. The van der Waals surface area contributed by atoms with Crippen molar-refractivity contribution in [1.29, 1.82) is 0 Å². The third-order valence-corrected chi connectivity index (χ3v) is 3.04. The predicted molar refractivity (Wildman–Crippen MR) is 70.0 cm³/mol. The van der Waals surface area contributed by atoms with E-state index in [1.165, 1.54) is 0 Å². The molecule has 0 radical (unpaired) electrons. The molecule has 0 fully saturated rings. The molecule has 2 aromatic heterocycles. The van der Waals surface area contributed by atoms with Crippen molar-refractivity contribution in [2.24, 2.45) is 0 Å². The first-order chi connectivity index (χ1) is 8.22. The van der Waals surface area contributed by atoms with E-state index in [2.05, 4.69) is 25.9 Å². The van der Waals surface area contributed by atoms with Crippen molar-refractivity contribution in [3.05, 3.63) is 46.0 Å². The lowest BCUT2D eigenvalue weighted by molar-refractivity contribution is 0.608. The average Bonchev–Trinajstić information content (AvgIpc) is 2.72. The lowest BCUT2D eigenvalue weighted by Gasteiger charge is -1.93. The second-order valence-electron chi connectivity index (χ2n) is 3.50. The summed E-state index contributed by atoms with van der Waals surface area (Å²) in [4.78, 5) is 8.42. The molecule has 0 spiro atoms. The maximum atomic E-state index is 5.84. The highest BCUT2D eigenvalue weighted by Crippen LogP contribution is 2.25. The fourth-order valence-electron chi connectivity index (χ4n) is 1.51. The van der Waals surface area contributed by atoms with Gasteiger partial charge in [0, 0.05) is 16.2 Å². The lowest BCUT2D eigenvalue weighted by Crippen LogP contribution is -1.76. The van der Waals surface area contributed by atoms with Gasteiger partial charge in [0.1, 0.15) is 5.52 Å². The Hall–Kier alpha value is -1.39. The fraction of sp³-hybridized carbons (Fsp3) is 0. The van der Waals surface area contributed by atoms with E-state index in [1.807, 2.05) is 24.3 Å². The van der Waals surface area contributed by atoms with E-state index < -0.39 is 0 Å². The first-order valence-corrected chi connectivity index (χ1v) is 6.07. The first-order valence-electron chi connectivity index (χ1n) is 4.90. The molecule has 0 amide bonds. The van der Waals surface area contributed by atoms with Crippen LogP contribution in [-0.2, 0) is 0 Å². The minimum atomic E-state index is 0.493. The lowest BCUT2D eigenvalue weighted by atomic mass is 10.2. The highest BCUT2D eigenvalue weighted by molar-refractivity contribution is 9.10. The highest BCUT2D eigenvalue weighted by Gasteiger charge is 2.09. The van der Waals surface area contributed by atoms with Gasteiger partial charge in [-0.1, -0.05) is 27.5 Å². The molecular weight excluding hydrogens is 304 g/mol. The summed E-state index contributed by atoms with van der Waals surface area (Å²) in [7, 11) is 0. The number of fused-ring (bicyclic) bond motifs is 1. The Balaban J connectivity index is 2.14. The van der Waals surface area contributed by atoms with Crippen LogP contribution in [0.15, 0.2) is 45.4 Å². The molecule has 0 saturated heterocycles. The molecule has 0 N–H and O–H groups in total. The zero-order valence-electron chi connectivity index (χ0n) is 8.52. The van der Waals surface area contributed by atoms with Crippen LogP contribution >= 0.6 is 27.5 Å². The number of nitrogens with zero attached hydrogens (tertiary/aromatic N) is 2. The summed E-state index contributed by atoms with van der Waals surface area (Å²) in [5.41, 5.74) is 2.06. The van der Waals surface area contributed by atoms with Crippen LogP contribution in [0.4, 0.5) is 0 Å². The number of halogens is 2. The van der Waals surface area contributed by atoms with Gasteiger partial charge in [-0.25, -0.2) is 9.97 Å². The van der Waals surface area contributed by atoms with Gasteiger partial charge in [0.2, 0.25) is 11.6 Å². The highest BCUT2D eigenvalue weighted by atomic mass is 79.9. The number of pyridine rings is 1. The van der Waals surface area contributed by atoms with Crippen molar-refractivity contribution in [2.45, 2.75) is 0 Å². The fourth-order valence-corrected chi connectivity index (χ4v) is 1.93. The number of aromatic nitrogens is 2. The summed E-state index contributed by atoms with van der Waals surface area (Å²) in [6.45, 7) is 0. The average molecular weight is 310 g/mol. The smallest absolute Gasteiger partial charge is 0.247 e. The zero-order valence-corrected chi connectivity index (χ0v) is 10.9. The van der Waals surface area contributed by atoms with E-state index in [1.54, 1.807) is 12.3 Å². The normalized spacial score (nSPS) is 10.9. The van der Waals surface area contributed by atoms with Crippen molar-refractivity contribution >= 4 is 38.8 Å². The standard InChI is InChI=1S/C12H6BrClN2O/c13-8-3-1-7(2-4-8)11-16-10-5-9(14)6-15-12(10)17-11/h1-6H. The van der Waals surface area contributed by atoms with Crippen molar-refractivity contribution in [2.75, 3.05) is 0 Å². The SMILES string of the molecule is Clc1cnc2oc(-c3ccc(Br)cc3)nc2c1. The third-order valence-electron chi connectivity index (χ3n) is 2.31. The molecule has 0 aliphatic carbocycles. The molecule has 2 heterocycles. The van der Waals surface area contributed by atoms with E-state index >= 15 is 0 Å². The van der Waals surface area contributed by atoms with Crippen molar-refractivity contribution < 1.29 is 4.42 Å². The molecular formula is C12H6BrClN2O. The number of hydrogen-bond acceptors (Lipinski definition) is 3. The molecule has 0 bridgehead atoms. The molecule has 3 aromatic rings. The molecule has 1 aromatic carbocycles. The molecule has 17 heavy (non-hydrogen) atoms. The summed E-state index contributed by atoms with van der Waals surface area (Å²) in [5.74, 6) is 0.544.